The lowest BCUT2D eigenvalue weighted by Crippen LogP contribution is -2.51. The maximum absolute atomic E-state index is 5.66. The van der Waals surface area contributed by atoms with Crippen molar-refractivity contribution in [2.45, 2.75) is 53.9 Å². The molecule has 3 heteroatoms. The Morgan fingerprint density at radius 3 is 1.81 bits per heavy atom. The van der Waals surface area contributed by atoms with Gasteiger partial charge in [-0.2, -0.15) is 0 Å². The maximum atomic E-state index is 5.66. The molecule has 2 aromatic rings. The molecule has 0 bridgehead atoms. The Morgan fingerprint density at radius 2 is 1.29 bits per heavy atom. The first-order valence-corrected chi connectivity index (χ1v) is 11.5. The van der Waals surface area contributed by atoms with Crippen LogP contribution in [0.2, 0.25) is 0 Å². The van der Waals surface area contributed by atoms with Gasteiger partial charge in [0.1, 0.15) is 11.5 Å². The first kappa shape index (κ1) is 23.4. The van der Waals surface area contributed by atoms with E-state index in [1.165, 1.54) is 11.1 Å². The lowest BCUT2D eigenvalue weighted by atomic mass is 9.49. The molecule has 1 aliphatic carbocycles. The number of benzene rings is 2. The number of rotatable bonds is 5. The van der Waals surface area contributed by atoms with Crippen LogP contribution in [0, 0.1) is 29.6 Å². The smallest absolute Gasteiger partial charge is 0.119 e. The van der Waals surface area contributed by atoms with Crippen molar-refractivity contribution >= 4 is 11.4 Å². The molecule has 1 aliphatic rings. The van der Waals surface area contributed by atoms with Gasteiger partial charge in [0.2, 0.25) is 0 Å². The summed E-state index contributed by atoms with van der Waals surface area (Å²) in [5.74, 6) is 4.86. The van der Waals surface area contributed by atoms with Crippen LogP contribution in [0.15, 0.2) is 47.5 Å². The number of aliphatic imine (C=N–C) groups is 1. The molecule has 0 heterocycles. The van der Waals surface area contributed by atoms with Crippen molar-refractivity contribution in [1.29, 1.82) is 0 Å². The molecule has 0 amide bonds. The molecule has 0 aromatic heterocycles. The zero-order valence-electron chi connectivity index (χ0n) is 20.7. The summed E-state index contributed by atoms with van der Waals surface area (Å²) in [6.07, 6.45) is 0. The lowest BCUT2D eigenvalue weighted by molar-refractivity contribution is 0.00165. The van der Waals surface area contributed by atoms with Crippen molar-refractivity contribution < 1.29 is 9.47 Å². The van der Waals surface area contributed by atoms with E-state index in [0.29, 0.717) is 29.6 Å². The Labute approximate surface area is 188 Å². The van der Waals surface area contributed by atoms with Gasteiger partial charge in [-0.05, 0) is 95.5 Å². The van der Waals surface area contributed by atoms with Gasteiger partial charge in [0, 0.05) is 5.71 Å². The molecule has 2 aromatic carbocycles. The van der Waals surface area contributed by atoms with Crippen LogP contribution in [0.25, 0.3) is 0 Å². The summed E-state index contributed by atoms with van der Waals surface area (Å²) in [6, 6.07) is 14.4. The van der Waals surface area contributed by atoms with Gasteiger partial charge in [0.15, 0.2) is 0 Å². The fraction of sp³-hybridized carbons (Fsp3) is 0.536. The van der Waals surface area contributed by atoms with E-state index in [1.54, 1.807) is 14.2 Å². The second-order valence-electron chi connectivity index (χ2n) is 9.74. The first-order valence-electron chi connectivity index (χ1n) is 11.5. The lowest BCUT2D eigenvalue weighted by Gasteiger charge is -2.55. The summed E-state index contributed by atoms with van der Waals surface area (Å²) in [6.45, 7) is 16.7. The largest absolute Gasteiger partial charge is 0.497 e. The molecule has 3 nitrogen and oxygen atoms in total. The van der Waals surface area contributed by atoms with Gasteiger partial charge in [0.25, 0.3) is 0 Å². The van der Waals surface area contributed by atoms with Gasteiger partial charge in [-0.15, -0.1) is 0 Å². The normalized spacial score (nSPS) is 31.4. The molecule has 0 N–H and O–H groups in total. The Balaban J connectivity index is 2.14. The SMILES string of the molecule is COc1ccc(/N=C(\C)c2ccc(OC)cc2C2(C)C(C)C(C)C(C)C(C)C2C)cc1. The Bertz CT molecular complexity index is 915. The molecule has 3 rings (SSSR count). The van der Waals surface area contributed by atoms with E-state index in [1.807, 2.05) is 24.3 Å². The molecule has 4 atom stereocenters. The van der Waals surface area contributed by atoms with Crippen molar-refractivity contribution in [3.63, 3.8) is 0 Å². The molecule has 31 heavy (non-hydrogen) atoms. The number of ether oxygens (including phenoxy) is 2. The van der Waals surface area contributed by atoms with Crippen molar-refractivity contribution in [3.05, 3.63) is 53.6 Å². The van der Waals surface area contributed by atoms with E-state index in [-0.39, 0.29) is 5.41 Å². The van der Waals surface area contributed by atoms with Crippen LogP contribution in [0.4, 0.5) is 5.69 Å². The zero-order valence-corrected chi connectivity index (χ0v) is 20.7. The third-order valence-electron chi connectivity index (χ3n) is 8.69. The average Bonchev–Trinajstić information content (AvgIpc) is 2.80. The van der Waals surface area contributed by atoms with Crippen LogP contribution in [-0.4, -0.2) is 19.9 Å². The fourth-order valence-corrected chi connectivity index (χ4v) is 5.71. The van der Waals surface area contributed by atoms with Gasteiger partial charge in [-0.1, -0.05) is 41.5 Å². The quantitative estimate of drug-likeness (QED) is 0.474. The average molecular weight is 422 g/mol. The summed E-state index contributed by atoms with van der Waals surface area (Å²) in [5, 5.41) is 0. The van der Waals surface area contributed by atoms with Gasteiger partial charge < -0.3 is 9.47 Å². The van der Waals surface area contributed by atoms with Crippen LogP contribution in [0.1, 0.15) is 59.6 Å². The molecule has 4 unspecified atom stereocenters. The van der Waals surface area contributed by atoms with Gasteiger partial charge >= 0.3 is 0 Å². The third-order valence-corrected chi connectivity index (χ3v) is 8.69. The molecular formula is C28H39NO2. The number of hydrogen-bond acceptors (Lipinski definition) is 3. The van der Waals surface area contributed by atoms with Crippen LogP contribution >= 0.6 is 0 Å². The topological polar surface area (TPSA) is 30.8 Å². The molecule has 0 saturated heterocycles. The van der Waals surface area contributed by atoms with E-state index in [9.17, 15) is 0 Å². The standard InChI is InChI=1S/C28H39NO2/c1-17-18(2)20(4)28(7,21(5)19(17)3)27-16-25(31-9)14-15-26(27)22(6)29-23-10-12-24(30-8)13-11-23/h10-21H,1-9H3/b29-22+. The van der Waals surface area contributed by atoms with Crippen molar-refractivity contribution in [1.82, 2.24) is 0 Å². The Hall–Kier alpha value is -2.29. The first-order chi connectivity index (χ1) is 14.6. The van der Waals surface area contributed by atoms with Crippen LogP contribution < -0.4 is 9.47 Å². The van der Waals surface area contributed by atoms with E-state index >= 15 is 0 Å². The second-order valence-corrected chi connectivity index (χ2v) is 9.74. The minimum Gasteiger partial charge on any atom is -0.497 e. The van der Waals surface area contributed by atoms with E-state index < -0.39 is 0 Å². The Morgan fingerprint density at radius 1 is 0.774 bits per heavy atom. The summed E-state index contributed by atoms with van der Waals surface area (Å²) in [4.78, 5) is 4.97. The number of nitrogens with zero attached hydrogens (tertiary/aromatic N) is 1. The van der Waals surface area contributed by atoms with Crippen molar-refractivity contribution in [2.75, 3.05) is 14.2 Å². The predicted molar refractivity (Wildman–Crippen MR) is 131 cm³/mol. The number of hydrogen-bond donors (Lipinski definition) is 0. The highest BCUT2D eigenvalue weighted by Gasteiger charge is 2.50. The molecule has 0 radical (unpaired) electrons. The highest BCUT2D eigenvalue weighted by Crippen LogP contribution is 2.55. The maximum Gasteiger partial charge on any atom is 0.119 e. The van der Waals surface area contributed by atoms with Crippen molar-refractivity contribution in [2.24, 2.45) is 34.6 Å². The fourth-order valence-electron chi connectivity index (χ4n) is 5.71. The molecule has 168 valence electrons. The summed E-state index contributed by atoms with van der Waals surface area (Å²) in [5.41, 5.74) is 4.57. The highest BCUT2D eigenvalue weighted by atomic mass is 16.5. The second kappa shape index (κ2) is 9.06. The zero-order chi connectivity index (χ0) is 22.9. The minimum absolute atomic E-state index is 0.0336. The molecule has 0 aliphatic heterocycles. The minimum atomic E-state index is 0.0336. The third kappa shape index (κ3) is 4.12. The predicted octanol–water partition coefficient (Wildman–Crippen LogP) is 7.30. The molecule has 1 saturated carbocycles. The van der Waals surface area contributed by atoms with E-state index in [2.05, 4.69) is 66.7 Å². The number of methoxy groups -OCH3 is 2. The Kier molecular flexibility index (Phi) is 6.83. The van der Waals surface area contributed by atoms with Gasteiger partial charge in [-0.3, -0.25) is 4.99 Å². The summed E-state index contributed by atoms with van der Waals surface area (Å²) >= 11 is 0. The van der Waals surface area contributed by atoms with Crippen molar-refractivity contribution in [3.8, 4) is 11.5 Å². The van der Waals surface area contributed by atoms with Crippen LogP contribution in [0.5, 0.6) is 11.5 Å². The summed E-state index contributed by atoms with van der Waals surface area (Å²) < 4.78 is 10.9. The molecule has 0 spiro atoms. The van der Waals surface area contributed by atoms with E-state index in [0.717, 1.165) is 22.9 Å². The van der Waals surface area contributed by atoms with Gasteiger partial charge in [-0.25, -0.2) is 0 Å². The van der Waals surface area contributed by atoms with Crippen LogP contribution in [0.3, 0.4) is 0 Å². The molecule has 1 fully saturated rings. The monoisotopic (exact) mass is 421 g/mol. The van der Waals surface area contributed by atoms with Gasteiger partial charge in [0.05, 0.1) is 19.9 Å². The molecular weight excluding hydrogens is 382 g/mol. The van der Waals surface area contributed by atoms with Crippen LogP contribution in [-0.2, 0) is 5.41 Å². The highest BCUT2D eigenvalue weighted by molar-refractivity contribution is 6.02. The summed E-state index contributed by atoms with van der Waals surface area (Å²) in [7, 11) is 3.43. The van der Waals surface area contributed by atoms with E-state index in [4.69, 9.17) is 14.5 Å².